The van der Waals surface area contributed by atoms with Gasteiger partial charge in [0.1, 0.15) is 11.5 Å². The molecule has 1 aliphatic rings. The molecule has 1 saturated heterocycles. The fourth-order valence-corrected chi connectivity index (χ4v) is 3.30. The molecule has 0 atom stereocenters. The molecule has 1 heterocycles. The monoisotopic (exact) mass is 470 g/mol. The van der Waals surface area contributed by atoms with Crippen molar-refractivity contribution >= 4 is 24.1 Å². The van der Waals surface area contributed by atoms with Gasteiger partial charge < -0.3 is 28.7 Å². The van der Waals surface area contributed by atoms with Crippen molar-refractivity contribution in [1.82, 2.24) is 9.80 Å². The van der Waals surface area contributed by atoms with Gasteiger partial charge in [0, 0.05) is 37.3 Å². The molecule has 180 valence electrons. The normalized spacial score (nSPS) is 13.1. The van der Waals surface area contributed by atoms with Crippen LogP contribution in [0.2, 0.25) is 0 Å². The molecular formula is C24H26N2O8. The predicted octanol–water partition coefficient (Wildman–Crippen LogP) is 3.36. The van der Waals surface area contributed by atoms with Crippen molar-refractivity contribution in [2.24, 2.45) is 0 Å². The topological polar surface area (TPSA) is 112 Å². The van der Waals surface area contributed by atoms with Gasteiger partial charge in [0.25, 0.3) is 11.8 Å². The Morgan fingerprint density at radius 3 is 1.24 bits per heavy atom. The molecule has 2 amide bonds. The molecule has 0 spiro atoms. The zero-order valence-corrected chi connectivity index (χ0v) is 19.0. The second-order valence-corrected chi connectivity index (χ2v) is 7.20. The third kappa shape index (κ3) is 6.47. The quantitative estimate of drug-likeness (QED) is 0.467. The van der Waals surface area contributed by atoms with Gasteiger partial charge in [0.2, 0.25) is 0 Å². The Balaban J connectivity index is 1.51. The van der Waals surface area contributed by atoms with Gasteiger partial charge in [0.15, 0.2) is 0 Å². The molecule has 0 N–H and O–H groups in total. The molecule has 0 radical (unpaired) electrons. The highest BCUT2D eigenvalue weighted by Gasteiger charge is 2.25. The van der Waals surface area contributed by atoms with Crippen LogP contribution in [-0.2, 0) is 9.47 Å². The van der Waals surface area contributed by atoms with E-state index in [0.717, 1.165) is 0 Å². The van der Waals surface area contributed by atoms with Crippen LogP contribution in [0.25, 0.3) is 0 Å². The first-order valence-corrected chi connectivity index (χ1v) is 10.9. The lowest BCUT2D eigenvalue weighted by atomic mass is 10.1. The van der Waals surface area contributed by atoms with Gasteiger partial charge in [-0.15, -0.1) is 0 Å². The number of amides is 2. The molecule has 0 bridgehead atoms. The van der Waals surface area contributed by atoms with Gasteiger partial charge in [-0.05, 0) is 62.4 Å². The van der Waals surface area contributed by atoms with E-state index in [4.69, 9.17) is 18.9 Å². The summed E-state index contributed by atoms with van der Waals surface area (Å²) in [6.07, 6.45) is -1.60. The Bertz CT molecular complexity index is 929. The fraction of sp³-hybridized carbons (Fsp3) is 0.333. The van der Waals surface area contributed by atoms with Gasteiger partial charge in [-0.3, -0.25) is 9.59 Å². The smallest absolute Gasteiger partial charge is 0.434 e. The first-order valence-electron chi connectivity index (χ1n) is 10.9. The number of ether oxygens (including phenoxy) is 4. The first-order chi connectivity index (χ1) is 16.4. The summed E-state index contributed by atoms with van der Waals surface area (Å²) in [5.41, 5.74) is 0.904. The van der Waals surface area contributed by atoms with E-state index in [-0.39, 0.29) is 36.5 Å². The van der Waals surface area contributed by atoms with Crippen LogP contribution in [0.15, 0.2) is 48.5 Å². The van der Waals surface area contributed by atoms with Gasteiger partial charge in [-0.25, -0.2) is 9.59 Å². The number of nitrogens with zero attached hydrogens (tertiary/aromatic N) is 2. The number of carbonyl (C=O) groups is 4. The Hall–Kier alpha value is -4.08. The van der Waals surface area contributed by atoms with E-state index in [9.17, 15) is 19.2 Å². The number of hydrogen-bond donors (Lipinski definition) is 0. The Labute approximate surface area is 196 Å². The summed E-state index contributed by atoms with van der Waals surface area (Å²) in [7, 11) is 0. The number of carbonyl (C=O) groups excluding carboxylic acids is 4. The molecule has 2 aromatic rings. The van der Waals surface area contributed by atoms with Crippen LogP contribution in [0.4, 0.5) is 9.59 Å². The second kappa shape index (κ2) is 11.7. The van der Waals surface area contributed by atoms with Crippen molar-refractivity contribution in [1.29, 1.82) is 0 Å². The highest BCUT2D eigenvalue weighted by atomic mass is 16.7. The highest BCUT2D eigenvalue weighted by Crippen LogP contribution is 2.18. The fourth-order valence-electron chi connectivity index (χ4n) is 3.30. The van der Waals surface area contributed by atoms with E-state index in [2.05, 4.69) is 0 Å². The average molecular weight is 470 g/mol. The predicted molar refractivity (Wildman–Crippen MR) is 120 cm³/mol. The maximum absolute atomic E-state index is 12.8. The van der Waals surface area contributed by atoms with Gasteiger partial charge in [-0.2, -0.15) is 0 Å². The molecule has 2 aromatic carbocycles. The lowest BCUT2D eigenvalue weighted by Crippen LogP contribution is -2.50. The van der Waals surface area contributed by atoms with E-state index in [0.29, 0.717) is 37.3 Å². The minimum Gasteiger partial charge on any atom is -0.434 e. The minimum absolute atomic E-state index is 0.171. The van der Waals surface area contributed by atoms with Crippen molar-refractivity contribution in [2.75, 3.05) is 39.4 Å². The molecule has 10 nitrogen and oxygen atoms in total. The summed E-state index contributed by atoms with van der Waals surface area (Å²) in [5.74, 6) is 0.221. The maximum atomic E-state index is 12.8. The highest BCUT2D eigenvalue weighted by molar-refractivity contribution is 5.96. The number of benzene rings is 2. The van der Waals surface area contributed by atoms with Crippen LogP contribution < -0.4 is 9.47 Å². The summed E-state index contributed by atoms with van der Waals surface area (Å²) in [4.78, 5) is 51.7. The summed E-state index contributed by atoms with van der Waals surface area (Å²) >= 11 is 0. The SMILES string of the molecule is CCOC(=O)Oc1ccc(C(=O)N2CCN(C(=O)c3ccc(OC(=O)OCC)cc3)CC2)cc1. The average Bonchev–Trinajstić information content (AvgIpc) is 2.84. The molecule has 0 aromatic heterocycles. The van der Waals surface area contributed by atoms with Gasteiger partial charge in [0.05, 0.1) is 13.2 Å². The maximum Gasteiger partial charge on any atom is 0.513 e. The van der Waals surface area contributed by atoms with Gasteiger partial charge >= 0.3 is 12.3 Å². The van der Waals surface area contributed by atoms with Crippen LogP contribution in [0, 0.1) is 0 Å². The van der Waals surface area contributed by atoms with Gasteiger partial charge in [-0.1, -0.05) is 0 Å². The van der Waals surface area contributed by atoms with Crippen LogP contribution in [-0.4, -0.2) is 73.3 Å². The Kier molecular flexibility index (Phi) is 8.44. The summed E-state index contributed by atoms with van der Waals surface area (Å²) in [5, 5.41) is 0. The third-order valence-electron chi connectivity index (χ3n) is 4.98. The minimum atomic E-state index is -0.802. The standard InChI is InChI=1S/C24H26N2O8/c1-3-31-23(29)33-19-9-5-17(6-10-19)21(27)25-13-15-26(16-14-25)22(28)18-7-11-20(12-8-18)34-24(30)32-4-2/h5-12H,3-4,13-16H2,1-2H3. The first kappa shape index (κ1) is 24.6. The summed E-state index contributed by atoms with van der Waals surface area (Å²) in [6.45, 7) is 5.31. The van der Waals surface area contributed by atoms with Crippen LogP contribution >= 0.6 is 0 Å². The Morgan fingerprint density at radius 2 is 0.941 bits per heavy atom. The molecule has 0 saturated carbocycles. The summed E-state index contributed by atoms with van der Waals surface area (Å²) < 4.78 is 19.4. The number of piperazine rings is 1. The third-order valence-corrected chi connectivity index (χ3v) is 4.98. The zero-order valence-electron chi connectivity index (χ0n) is 19.0. The van der Waals surface area contributed by atoms with E-state index in [1.165, 1.54) is 24.3 Å². The molecule has 3 rings (SSSR count). The molecule has 0 unspecified atom stereocenters. The zero-order chi connectivity index (χ0) is 24.5. The number of rotatable bonds is 6. The molecular weight excluding hydrogens is 444 g/mol. The summed E-state index contributed by atoms with van der Waals surface area (Å²) in [6, 6.07) is 12.4. The molecule has 1 aliphatic heterocycles. The lowest BCUT2D eigenvalue weighted by molar-refractivity contribution is 0.0535. The molecule has 1 fully saturated rings. The van der Waals surface area contributed by atoms with Crippen LogP contribution in [0.5, 0.6) is 11.5 Å². The Morgan fingerprint density at radius 1 is 0.618 bits per heavy atom. The van der Waals surface area contributed by atoms with E-state index >= 15 is 0 Å². The van der Waals surface area contributed by atoms with Crippen LogP contribution in [0.1, 0.15) is 34.6 Å². The van der Waals surface area contributed by atoms with Crippen molar-refractivity contribution in [3.63, 3.8) is 0 Å². The molecule has 34 heavy (non-hydrogen) atoms. The van der Waals surface area contributed by atoms with Crippen molar-refractivity contribution in [3.05, 3.63) is 59.7 Å². The van der Waals surface area contributed by atoms with Crippen molar-refractivity contribution < 1.29 is 38.1 Å². The lowest BCUT2D eigenvalue weighted by Gasteiger charge is -2.35. The molecule has 0 aliphatic carbocycles. The second-order valence-electron chi connectivity index (χ2n) is 7.20. The van der Waals surface area contributed by atoms with E-state index in [1.807, 2.05) is 0 Å². The molecule has 10 heteroatoms. The van der Waals surface area contributed by atoms with Crippen molar-refractivity contribution in [2.45, 2.75) is 13.8 Å². The van der Waals surface area contributed by atoms with E-state index < -0.39 is 12.3 Å². The number of hydrogen-bond acceptors (Lipinski definition) is 8. The van der Waals surface area contributed by atoms with E-state index in [1.54, 1.807) is 47.9 Å². The van der Waals surface area contributed by atoms with Crippen LogP contribution in [0.3, 0.4) is 0 Å². The van der Waals surface area contributed by atoms with Crippen molar-refractivity contribution in [3.8, 4) is 11.5 Å². The largest absolute Gasteiger partial charge is 0.513 e.